The van der Waals surface area contributed by atoms with Gasteiger partial charge in [0.15, 0.2) is 0 Å². The van der Waals surface area contributed by atoms with Crippen molar-refractivity contribution < 1.29 is 0 Å². The molecule has 3 aromatic rings. The zero-order valence-electron chi connectivity index (χ0n) is 14.0. The molecule has 0 nitrogen and oxygen atoms in total. The highest BCUT2D eigenvalue weighted by molar-refractivity contribution is 6.14. The fourth-order valence-electron chi connectivity index (χ4n) is 3.43. The molecule has 0 N–H and O–H groups in total. The van der Waals surface area contributed by atoms with Gasteiger partial charge >= 0.3 is 0 Å². The van der Waals surface area contributed by atoms with Crippen molar-refractivity contribution in [3.8, 4) is 0 Å². The van der Waals surface area contributed by atoms with Crippen LogP contribution in [0.4, 0.5) is 0 Å². The monoisotopic (exact) mass is 288 g/mol. The van der Waals surface area contributed by atoms with Gasteiger partial charge in [0.2, 0.25) is 0 Å². The fourth-order valence-corrected chi connectivity index (χ4v) is 3.43. The van der Waals surface area contributed by atoms with E-state index in [1.807, 2.05) is 13.8 Å². The molecule has 1 aliphatic rings. The second-order valence-electron chi connectivity index (χ2n) is 5.98. The summed E-state index contributed by atoms with van der Waals surface area (Å²) in [4.78, 5) is 0. The van der Waals surface area contributed by atoms with Crippen molar-refractivity contribution in [2.24, 2.45) is 0 Å². The van der Waals surface area contributed by atoms with Gasteiger partial charge in [0.25, 0.3) is 0 Å². The van der Waals surface area contributed by atoms with Crippen LogP contribution >= 0.6 is 0 Å². The van der Waals surface area contributed by atoms with Crippen LogP contribution in [0.15, 0.2) is 42.5 Å². The second-order valence-corrected chi connectivity index (χ2v) is 5.98. The van der Waals surface area contributed by atoms with Gasteiger partial charge in [-0.2, -0.15) is 0 Å². The maximum absolute atomic E-state index is 2.34. The highest BCUT2D eigenvalue weighted by atomic mass is 14.2. The molecule has 0 fully saturated rings. The number of benzene rings is 3. The summed E-state index contributed by atoms with van der Waals surface area (Å²) in [6.07, 6.45) is 7.88. The van der Waals surface area contributed by atoms with Gasteiger partial charge in [-0.3, -0.25) is 0 Å². The first-order chi connectivity index (χ1) is 10.8. The molecule has 0 unspecified atom stereocenters. The average Bonchev–Trinajstić information content (AvgIpc) is 2.77. The van der Waals surface area contributed by atoms with Crippen LogP contribution < -0.4 is 5.22 Å². The first-order valence-corrected chi connectivity index (χ1v) is 8.40. The molecule has 3 aromatic carbocycles. The van der Waals surface area contributed by atoms with E-state index in [2.05, 4.69) is 68.5 Å². The van der Waals surface area contributed by atoms with Crippen LogP contribution in [0, 0.1) is 0 Å². The molecule has 0 bridgehead atoms. The lowest BCUT2D eigenvalue weighted by atomic mass is 9.89. The Balaban J connectivity index is 0.000000693. The fraction of sp³-hybridized carbons (Fsp3) is 0.273. The quantitative estimate of drug-likeness (QED) is 0.510. The minimum absolute atomic E-state index is 0.557. The average molecular weight is 288 g/mol. The topological polar surface area (TPSA) is 0 Å². The van der Waals surface area contributed by atoms with Crippen LogP contribution in [0.2, 0.25) is 0 Å². The Morgan fingerprint density at radius 2 is 1.64 bits per heavy atom. The van der Waals surface area contributed by atoms with Gasteiger partial charge in [0.05, 0.1) is 0 Å². The van der Waals surface area contributed by atoms with Crippen LogP contribution in [0.5, 0.6) is 0 Å². The third-order valence-corrected chi connectivity index (χ3v) is 4.40. The van der Waals surface area contributed by atoms with Crippen molar-refractivity contribution in [1.29, 1.82) is 0 Å². The van der Waals surface area contributed by atoms with E-state index in [-0.39, 0.29) is 0 Å². The summed E-state index contributed by atoms with van der Waals surface area (Å²) >= 11 is 0. The molecule has 0 amide bonds. The van der Waals surface area contributed by atoms with Crippen molar-refractivity contribution in [2.45, 2.75) is 40.0 Å². The van der Waals surface area contributed by atoms with E-state index >= 15 is 0 Å². The van der Waals surface area contributed by atoms with Crippen LogP contribution in [-0.2, 0) is 0 Å². The number of rotatable bonds is 1. The molecular weight excluding hydrogens is 264 g/mol. The number of hydrogen-bond acceptors (Lipinski definition) is 0. The molecule has 4 rings (SSSR count). The Hall–Kier alpha value is -2.08. The maximum Gasteiger partial charge on any atom is -0.00240 e. The molecule has 0 heterocycles. The normalized spacial score (nSPS) is 13.0. The molecular formula is C22H24. The number of allylic oxidation sites excluding steroid dienone is 1. The van der Waals surface area contributed by atoms with Crippen LogP contribution in [0.25, 0.3) is 33.7 Å². The molecule has 1 aliphatic carbocycles. The van der Waals surface area contributed by atoms with Gasteiger partial charge in [0, 0.05) is 0 Å². The Morgan fingerprint density at radius 1 is 0.864 bits per heavy atom. The van der Waals surface area contributed by atoms with E-state index in [0.717, 1.165) is 6.42 Å². The van der Waals surface area contributed by atoms with Crippen LogP contribution in [0.3, 0.4) is 0 Å². The Morgan fingerprint density at radius 3 is 2.41 bits per heavy atom. The van der Waals surface area contributed by atoms with E-state index < -0.39 is 0 Å². The van der Waals surface area contributed by atoms with E-state index in [1.54, 1.807) is 0 Å². The third kappa shape index (κ3) is 2.23. The first-order valence-electron chi connectivity index (χ1n) is 8.40. The second kappa shape index (κ2) is 5.96. The van der Waals surface area contributed by atoms with Gasteiger partial charge in [-0.25, -0.2) is 0 Å². The Labute approximate surface area is 133 Å². The van der Waals surface area contributed by atoms with Gasteiger partial charge < -0.3 is 0 Å². The van der Waals surface area contributed by atoms with Gasteiger partial charge in [-0.1, -0.05) is 82.3 Å². The van der Waals surface area contributed by atoms with E-state index in [1.165, 1.54) is 37.9 Å². The molecule has 0 saturated carbocycles. The summed E-state index contributed by atoms with van der Waals surface area (Å²) in [5.74, 6) is 0.557. The highest BCUT2D eigenvalue weighted by Crippen LogP contribution is 2.33. The van der Waals surface area contributed by atoms with Crippen LogP contribution in [0.1, 0.15) is 51.2 Å². The van der Waals surface area contributed by atoms with Crippen molar-refractivity contribution in [2.75, 3.05) is 0 Å². The molecule has 0 atom stereocenters. The maximum atomic E-state index is 2.34. The summed E-state index contributed by atoms with van der Waals surface area (Å²) in [6, 6.07) is 13.7. The summed E-state index contributed by atoms with van der Waals surface area (Å²) in [6.45, 7) is 8.55. The smallest absolute Gasteiger partial charge is 0.00240 e. The lowest BCUT2D eigenvalue weighted by Gasteiger charge is -2.15. The van der Waals surface area contributed by atoms with Gasteiger partial charge in [-0.05, 0) is 50.2 Å². The van der Waals surface area contributed by atoms with E-state index in [4.69, 9.17) is 0 Å². The van der Waals surface area contributed by atoms with Crippen molar-refractivity contribution in [1.82, 2.24) is 0 Å². The summed E-state index contributed by atoms with van der Waals surface area (Å²) in [5, 5.41) is 7.02. The van der Waals surface area contributed by atoms with Crippen molar-refractivity contribution in [3.05, 3.63) is 58.8 Å². The molecule has 0 spiro atoms. The van der Waals surface area contributed by atoms with Crippen molar-refractivity contribution >= 4 is 33.7 Å². The molecule has 0 aromatic heterocycles. The highest BCUT2D eigenvalue weighted by Gasteiger charge is 2.12. The van der Waals surface area contributed by atoms with Gasteiger partial charge in [-0.15, -0.1) is 0 Å². The third-order valence-electron chi connectivity index (χ3n) is 4.40. The van der Waals surface area contributed by atoms with E-state index in [9.17, 15) is 0 Å². The number of hydrogen-bond donors (Lipinski definition) is 0. The standard InChI is InChI=1S/C20H18.C2H6/c1-13(2)17-11-9-16-8-7-14-5-3-4-6-15-10-12-18(17)20(16)19(14)15;1-2/h4-13H,3H2,1-2H3;1-2H3. The van der Waals surface area contributed by atoms with Crippen molar-refractivity contribution in [3.63, 3.8) is 0 Å². The molecule has 0 radical (unpaired) electrons. The minimum atomic E-state index is 0.557. The Bertz CT molecular complexity index is 895. The first kappa shape index (κ1) is 14.8. The molecule has 22 heavy (non-hydrogen) atoms. The lowest BCUT2D eigenvalue weighted by molar-refractivity contribution is 0.877. The zero-order chi connectivity index (χ0) is 15.7. The van der Waals surface area contributed by atoms with E-state index in [0.29, 0.717) is 5.92 Å². The zero-order valence-corrected chi connectivity index (χ0v) is 14.0. The Kier molecular flexibility index (Phi) is 4.02. The minimum Gasteiger partial charge on any atom is -0.0801 e. The SMILES string of the molecule is CC.CC(C)c1ccc2ccc3c4c(ccc1c24)C=CCC=3. The van der Waals surface area contributed by atoms with Crippen LogP contribution in [-0.4, -0.2) is 0 Å². The summed E-state index contributed by atoms with van der Waals surface area (Å²) in [5.41, 5.74) is 2.81. The summed E-state index contributed by atoms with van der Waals surface area (Å²) < 4.78 is 0. The largest absolute Gasteiger partial charge is 0.0801 e. The molecule has 0 saturated heterocycles. The predicted octanol–water partition coefficient (Wildman–Crippen LogP) is 6.06. The molecule has 112 valence electrons. The predicted molar refractivity (Wildman–Crippen MR) is 100 cm³/mol. The molecule has 0 heteroatoms. The molecule has 0 aliphatic heterocycles. The van der Waals surface area contributed by atoms with Gasteiger partial charge in [0.1, 0.15) is 0 Å². The lowest BCUT2D eigenvalue weighted by Crippen LogP contribution is -2.04. The summed E-state index contributed by atoms with van der Waals surface area (Å²) in [7, 11) is 0.